The van der Waals surface area contributed by atoms with Crippen LogP contribution in [0.4, 0.5) is 0 Å². The van der Waals surface area contributed by atoms with E-state index in [-0.39, 0.29) is 5.41 Å². The minimum absolute atomic E-state index is 0.216. The lowest BCUT2D eigenvalue weighted by molar-refractivity contribution is 0.549. The van der Waals surface area contributed by atoms with Gasteiger partial charge in [-0.2, -0.15) is 0 Å². The fourth-order valence-corrected chi connectivity index (χ4v) is 11.0. The third-order valence-electron chi connectivity index (χ3n) is 12.7. The summed E-state index contributed by atoms with van der Waals surface area (Å²) in [5.74, 6) is 1.83. The zero-order valence-corrected chi connectivity index (χ0v) is 33.9. The first-order valence-corrected chi connectivity index (χ1v) is 21.2. The summed E-state index contributed by atoms with van der Waals surface area (Å²) in [5.41, 5.74) is 13.9. The Morgan fingerprint density at radius 1 is 0.367 bits per heavy atom. The molecule has 0 N–H and O–H groups in total. The molecule has 1 spiro atoms. The van der Waals surface area contributed by atoms with Crippen molar-refractivity contribution >= 4 is 33.7 Å². The minimum Gasteiger partial charge on any atom is -0.456 e. The number of hydrogen-bond donors (Lipinski definition) is 0. The third kappa shape index (κ3) is 5.15. The van der Waals surface area contributed by atoms with Crippen molar-refractivity contribution in [3.05, 3.63) is 221 Å². The van der Waals surface area contributed by atoms with E-state index in [4.69, 9.17) is 19.4 Å². The number of hydrogen-bond acceptors (Lipinski definition) is 5. The predicted molar refractivity (Wildman–Crippen MR) is 243 cm³/mol. The first-order chi connectivity index (χ1) is 29.5. The molecule has 0 fully saturated rings. The number of nitrogens with zero attached hydrogens (tertiary/aromatic N) is 3. The maximum atomic E-state index is 6.29. The van der Waals surface area contributed by atoms with Crippen molar-refractivity contribution in [2.75, 3.05) is 0 Å². The molecule has 0 radical (unpaired) electrons. The van der Waals surface area contributed by atoms with Gasteiger partial charge in [0.25, 0.3) is 0 Å². The third-order valence-corrected chi connectivity index (χ3v) is 13.8. The molecule has 3 heterocycles. The molecule has 1 aliphatic carbocycles. The van der Waals surface area contributed by atoms with Crippen LogP contribution >= 0.6 is 11.8 Å². The first kappa shape index (κ1) is 34.9. The van der Waals surface area contributed by atoms with Crippen LogP contribution in [0.2, 0.25) is 0 Å². The van der Waals surface area contributed by atoms with Gasteiger partial charge < -0.3 is 4.42 Å². The van der Waals surface area contributed by atoms with E-state index in [0.29, 0.717) is 17.5 Å². The zero-order valence-electron chi connectivity index (χ0n) is 33.1. The lowest BCUT2D eigenvalue weighted by Gasteiger charge is -2.50. The van der Waals surface area contributed by atoms with Crippen LogP contribution in [0.15, 0.2) is 202 Å². The molecule has 2 aromatic heterocycles. The summed E-state index contributed by atoms with van der Waals surface area (Å²) in [6.45, 7) is 4.75. The van der Waals surface area contributed by atoms with Crippen molar-refractivity contribution in [2.24, 2.45) is 0 Å². The Kier molecular flexibility index (Phi) is 7.69. The quantitative estimate of drug-likeness (QED) is 0.178. The maximum Gasteiger partial charge on any atom is 0.164 e. The number of fused-ring (bicyclic) bond motifs is 11. The number of aromatic nitrogens is 3. The molecule has 10 aromatic rings. The molecule has 0 saturated heterocycles. The molecule has 284 valence electrons. The van der Waals surface area contributed by atoms with E-state index in [1.165, 1.54) is 43.2 Å². The van der Waals surface area contributed by atoms with Gasteiger partial charge in [0, 0.05) is 42.7 Å². The van der Waals surface area contributed by atoms with Crippen molar-refractivity contribution in [3.63, 3.8) is 0 Å². The van der Waals surface area contributed by atoms with Gasteiger partial charge in [0.1, 0.15) is 11.2 Å². The molecule has 4 nitrogen and oxygen atoms in total. The van der Waals surface area contributed by atoms with Crippen LogP contribution in [0.5, 0.6) is 0 Å². The van der Waals surface area contributed by atoms with Gasteiger partial charge in [-0.3, -0.25) is 0 Å². The average molecular weight is 788 g/mol. The summed E-state index contributed by atoms with van der Waals surface area (Å²) in [5, 5.41) is 2.16. The molecule has 60 heavy (non-hydrogen) atoms. The van der Waals surface area contributed by atoms with Crippen LogP contribution in [-0.2, 0) is 10.8 Å². The molecule has 5 heteroatoms. The number of para-hydroxylation sites is 1. The Morgan fingerprint density at radius 3 is 1.63 bits per heavy atom. The summed E-state index contributed by atoms with van der Waals surface area (Å²) < 4.78 is 6.29. The lowest BCUT2D eigenvalue weighted by atomic mass is 9.54. The van der Waals surface area contributed by atoms with E-state index >= 15 is 0 Å². The molecular weight excluding hydrogens is 751 g/mol. The highest BCUT2D eigenvalue weighted by Gasteiger charge is 2.52. The summed E-state index contributed by atoms with van der Waals surface area (Å²) in [6.07, 6.45) is 0. The molecule has 2 aliphatic rings. The molecule has 12 rings (SSSR count). The molecule has 1 aliphatic heterocycles. The van der Waals surface area contributed by atoms with E-state index in [1.807, 2.05) is 66.4 Å². The maximum absolute atomic E-state index is 6.29. The van der Waals surface area contributed by atoms with E-state index in [2.05, 4.69) is 147 Å². The van der Waals surface area contributed by atoms with Crippen LogP contribution in [0.25, 0.3) is 67.2 Å². The molecule has 0 unspecified atom stereocenters. The Balaban J connectivity index is 1.04. The van der Waals surface area contributed by atoms with Crippen LogP contribution < -0.4 is 0 Å². The minimum atomic E-state index is -0.498. The highest BCUT2D eigenvalue weighted by atomic mass is 32.2. The van der Waals surface area contributed by atoms with Gasteiger partial charge in [0.15, 0.2) is 17.5 Å². The van der Waals surface area contributed by atoms with Gasteiger partial charge in [-0.05, 0) is 87.0 Å². The van der Waals surface area contributed by atoms with E-state index in [9.17, 15) is 0 Å². The molecule has 0 atom stereocenters. The van der Waals surface area contributed by atoms with Crippen LogP contribution in [0.1, 0.15) is 47.2 Å². The van der Waals surface area contributed by atoms with Gasteiger partial charge in [-0.1, -0.05) is 171 Å². The van der Waals surface area contributed by atoms with Gasteiger partial charge in [-0.15, -0.1) is 0 Å². The second-order valence-corrected chi connectivity index (χ2v) is 17.4. The Labute approximate surface area is 352 Å². The zero-order chi connectivity index (χ0) is 40.0. The summed E-state index contributed by atoms with van der Waals surface area (Å²) in [7, 11) is 0. The van der Waals surface area contributed by atoms with Gasteiger partial charge >= 0.3 is 0 Å². The fraction of sp³-hybridized carbons (Fsp3) is 0.0727. The summed E-state index contributed by atoms with van der Waals surface area (Å²) >= 11 is 1.88. The number of rotatable bonds is 4. The molecule has 8 aromatic carbocycles. The van der Waals surface area contributed by atoms with Crippen LogP contribution in [0.3, 0.4) is 0 Å². The summed E-state index contributed by atoms with van der Waals surface area (Å²) in [4.78, 5) is 17.9. The number of furan rings is 1. The number of benzene rings is 8. The predicted octanol–water partition coefficient (Wildman–Crippen LogP) is 13.9. The van der Waals surface area contributed by atoms with Crippen LogP contribution in [-0.4, -0.2) is 15.0 Å². The van der Waals surface area contributed by atoms with Crippen molar-refractivity contribution in [1.29, 1.82) is 0 Å². The second kappa shape index (κ2) is 13.2. The smallest absolute Gasteiger partial charge is 0.164 e. The molecule has 0 bridgehead atoms. The van der Waals surface area contributed by atoms with E-state index < -0.39 is 5.41 Å². The topological polar surface area (TPSA) is 51.8 Å². The fourth-order valence-electron chi connectivity index (χ4n) is 9.85. The van der Waals surface area contributed by atoms with Gasteiger partial charge in [0.05, 0.1) is 5.41 Å². The highest BCUT2D eigenvalue weighted by molar-refractivity contribution is 7.99. The Bertz CT molecular complexity index is 3300. The van der Waals surface area contributed by atoms with Gasteiger partial charge in [-0.25, -0.2) is 15.0 Å². The van der Waals surface area contributed by atoms with Crippen LogP contribution in [0, 0.1) is 0 Å². The molecular formula is C55H37N3OS. The molecule has 0 saturated carbocycles. The molecule has 0 amide bonds. The monoisotopic (exact) mass is 787 g/mol. The van der Waals surface area contributed by atoms with Crippen molar-refractivity contribution in [3.8, 4) is 45.3 Å². The Morgan fingerprint density at radius 2 is 0.883 bits per heavy atom. The van der Waals surface area contributed by atoms with E-state index in [0.717, 1.165) is 49.8 Å². The largest absolute Gasteiger partial charge is 0.456 e. The standard InChI is InChI=1S/C55H37N3OS/c1-54(2)41-20-7-8-21-43(41)55(44-22-9-12-25-49(44)60-50-26-13-10-23-45(50)55)46-32-36(28-30-42(46)54)35-17-14-18-37(31-35)52-56-51(34-15-4-3-5-16-34)57-53(58-52)38-27-29-40-39-19-6-11-24-47(39)59-48(40)33-38/h3-33H,1-2H3. The highest BCUT2D eigenvalue weighted by Crippen LogP contribution is 2.61. The van der Waals surface area contributed by atoms with Gasteiger partial charge in [0.2, 0.25) is 0 Å². The second-order valence-electron chi connectivity index (χ2n) is 16.3. The first-order valence-electron chi connectivity index (χ1n) is 20.4. The average Bonchev–Trinajstić information content (AvgIpc) is 3.68. The van der Waals surface area contributed by atoms with E-state index in [1.54, 1.807) is 0 Å². The Hall–Kier alpha value is -7.08. The summed E-state index contributed by atoms with van der Waals surface area (Å²) in [6, 6.07) is 67.4. The van der Waals surface area contributed by atoms with Crippen molar-refractivity contribution in [2.45, 2.75) is 34.5 Å². The lowest BCUT2D eigenvalue weighted by Crippen LogP contribution is -2.43. The van der Waals surface area contributed by atoms with Crippen molar-refractivity contribution < 1.29 is 4.42 Å². The van der Waals surface area contributed by atoms with Crippen molar-refractivity contribution in [1.82, 2.24) is 15.0 Å². The normalized spacial score (nSPS) is 14.4. The SMILES string of the molecule is CC1(C)c2ccccc2C2(c3ccccc3Sc3ccccc32)c2cc(-c3cccc(-c4nc(-c5ccccc5)nc(-c5ccc6c(c5)oc5ccccc56)n4)c3)ccc21.